The van der Waals surface area contributed by atoms with E-state index < -0.39 is 5.41 Å². The Kier molecular flexibility index (Phi) is 9.40. The third-order valence-corrected chi connectivity index (χ3v) is 5.96. The summed E-state index contributed by atoms with van der Waals surface area (Å²) in [5.74, 6) is -0.595. The van der Waals surface area contributed by atoms with Crippen LogP contribution in [-0.4, -0.2) is 26.0 Å². The molecule has 0 saturated heterocycles. The van der Waals surface area contributed by atoms with Crippen LogP contribution < -0.4 is 16.4 Å². The van der Waals surface area contributed by atoms with Gasteiger partial charge in [0.15, 0.2) is 0 Å². The zero-order chi connectivity index (χ0) is 19.4. The predicted molar refractivity (Wildman–Crippen MR) is 123 cm³/mol. The van der Waals surface area contributed by atoms with E-state index in [-0.39, 0.29) is 36.5 Å². The van der Waals surface area contributed by atoms with Crippen LogP contribution >= 0.6 is 24.8 Å². The minimum Gasteiger partial charge on any atom is -0.388 e. The zero-order valence-corrected chi connectivity index (χ0v) is 18.5. The second-order valence-corrected chi connectivity index (χ2v) is 7.52. The number of primary amides is 1. The van der Waals surface area contributed by atoms with E-state index in [0.29, 0.717) is 30.9 Å². The number of hydrogen-bond donors (Lipinski definition) is 3. The second-order valence-electron chi connectivity index (χ2n) is 7.52. The Morgan fingerprint density at radius 2 is 1.66 bits per heavy atom. The maximum atomic E-state index is 14.6. The van der Waals surface area contributed by atoms with Crippen LogP contribution in [0.2, 0.25) is 0 Å². The van der Waals surface area contributed by atoms with Crippen molar-refractivity contribution in [3.05, 3.63) is 53.8 Å². The minimum atomic E-state index is -0.664. The summed E-state index contributed by atoms with van der Waals surface area (Å²) < 4.78 is 14.6. The molecular formula is C22H30Cl2FN3O. The molecule has 3 rings (SSSR count). The van der Waals surface area contributed by atoms with Crippen LogP contribution in [0.5, 0.6) is 0 Å². The smallest absolute Gasteiger partial charge is 0.223 e. The summed E-state index contributed by atoms with van der Waals surface area (Å²) in [5.41, 5.74) is 8.66. The van der Waals surface area contributed by atoms with Gasteiger partial charge in [0.2, 0.25) is 5.91 Å². The minimum absolute atomic E-state index is 0. The van der Waals surface area contributed by atoms with Crippen LogP contribution in [0.1, 0.15) is 31.2 Å². The number of anilines is 1. The molecule has 4 N–H and O–H groups in total. The van der Waals surface area contributed by atoms with E-state index >= 15 is 0 Å². The molecule has 1 saturated carbocycles. The Hall–Kier alpha value is -1.82. The highest BCUT2D eigenvalue weighted by Crippen LogP contribution is 2.40. The highest BCUT2D eigenvalue weighted by molar-refractivity contribution is 5.85. The summed E-state index contributed by atoms with van der Waals surface area (Å²) in [6, 6.07) is 13.5. The quantitative estimate of drug-likeness (QED) is 0.615. The first-order chi connectivity index (χ1) is 13.0. The molecule has 7 heteroatoms. The van der Waals surface area contributed by atoms with Crippen molar-refractivity contribution in [2.45, 2.75) is 38.1 Å². The fourth-order valence-corrected chi connectivity index (χ4v) is 4.05. The van der Waals surface area contributed by atoms with Gasteiger partial charge in [-0.15, -0.1) is 24.8 Å². The van der Waals surface area contributed by atoms with Gasteiger partial charge in [0.25, 0.3) is 0 Å². The maximum absolute atomic E-state index is 14.6. The van der Waals surface area contributed by atoms with Crippen LogP contribution in [0, 0.1) is 11.2 Å². The summed E-state index contributed by atoms with van der Waals surface area (Å²) in [5, 5.41) is 6.35. The van der Waals surface area contributed by atoms with E-state index in [0.717, 1.165) is 29.7 Å². The number of nitrogens with one attached hydrogen (secondary N) is 2. The van der Waals surface area contributed by atoms with Crippen molar-refractivity contribution in [3.8, 4) is 11.1 Å². The number of benzene rings is 2. The number of halogens is 3. The summed E-state index contributed by atoms with van der Waals surface area (Å²) in [7, 11) is 3.81. The monoisotopic (exact) mass is 441 g/mol. The molecule has 1 aliphatic carbocycles. The number of amides is 1. The second kappa shape index (κ2) is 10.8. The number of carbonyl (C=O) groups excluding carboxylic acids is 1. The van der Waals surface area contributed by atoms with Gasteiger partial charge in [-0.3, -0.25) is 4.79 Å². The van der Waals surface area contributed by atoms with Gasteiger partial charge in [-0.1, -0.05) is 18.2 Å². The molecule has 0 heterocycles. The normalized spacial score (nSPS) is 20.9. The van der Waals surface area contributed by atoms with Gasteiger partial charge >= 0.3 is 0 Å². The molecule has 0 radical (unpaired) electrons. The highest BCUT2D eigenvalue weighted by atomic mass is 35.5. The molecular weight excluding hydrogens is 412 g/mol. The molecule has 0 unspecified atom stereocenters. The van der Waals surface area contributed by atoms with E-state index in [1.807, 2.05) is 44.4 Å². The molecule has 0 spiro atoms. The summed E-state index contributed by atoms with van der Waals surface area (Å²) >= 11 is 0. The van der Waals surface area contributed by atoms with Gasteiger partial charge in [-0.05, 0) is 80.1 Å². The zero-order valence-electron chi connectivity index (χ0n) is 16.8. The third kappa shape index (κ3) is 5.62. The van der Waals surface area contributed by atoms with Gasteiger partial charge in [0.05, 0.1) is 5.41 Å². The van der Waals surface area contributed by atoms with E-state index in [1.54, 1.807) is 6.07 Å². The first-order valence-corrected chi connectivity index (χ1v) is 9.51. The van der Waals surface area contributed by atoms with Crippen molar-refractivity contribution < 1.29 is 9.18 Å². The van der Waals surface area contributed by atoms with E-state index in [2.05, 4.69) is 10.6 Å². The molecule has 29 heavy (non-hydrogen) atoms. The van der Waals surface area contributed by atoms with E-state index in [4.69, 9.17) is 5.73 Å². The summed E-state index contributed by atoms with van der Waals surface area (Å²) in [4.78, 5) is 12.3. The van der Waals surface area contributed by atoms with Crippen LogP contribution in [0.15, 0.2) is 42.5 Å². The van der Waals surface area contributed by atoms with Crippen molar-refractivity contribution in [1.29, 1.82) is 0 Å². The Balaban J connectivity index is 0.00000210. The largest absolute Gasteiger partial charge is 0.388 e. The standard InChI is InChI=1S/C22H28FN3O.2ClH/c1-25-18-6-3-15(4-7-18)16-5-8-20(23)17(13-16)14-22(21(24)27)11-9-19(26-2)10-12-22;;/h3-8,13,19,25-26H,9-12,14H2,1-2H3,(H2,24,27);2*1H. The average molecular weight is 442 g/mol. The molecule has 0 bridgehead atoms. The number of rotatable bonds is 6. The number of carbonyl (C=O) groups is 1. The van der Waals surface area contributed by atoms with Crippen LogP contribution in [0.3, 0.4) is 0 Å². The lowest BCUT2D eigenvalue weighted by atomic mass is 9.68. The fraction of sp³-hybridized carbons (Fsp3) is 0.409. The molecule has 4 nitrogen and oxygen atoms in total. The maximum Gasteiger partial charge on any atom is 0.223 e. The third-order valence-electron chi connectivity index (χ3n) is 5.96. The van der Waals surface area contributed by atoms with Crippen molar-refractivity contribution in [3.63, 3.8) is 0 Å². The van der Waals surface area contributed by atoms with Gasteiger partial charge in [0, 0.05) is 18.8 Å². The van der Waals surface area contributed by atoms with Gasteiger partial charge in [-0.25, -0.2) is 4.39 Å². The summed E-state index contributed by atoms with van der Waals surface area (Å²) in [6.07, 6.45) is 3.49. The number of hydrogen-bond acceptors (Lipinski definition) is 3. The molecule has 0 aromatic heterocycles. The lowest BCUT2D eigenvalue weighted by molar-refractivity contribution is -0.129. The first kappa shape index (κ1) is 25.2. The van der Waals surface area contributed by atoms with Crippen molar-refractivity contribution in [2.75, 3.05) is 19.4 Å². The summed E-state index contributed by atoms with van der Waals surface area (Å²) in [6.45, 7) is 0. The molecule has 1 fully saturated rings. The topological polar surface area (TPSA) is 67.1 Å². The first-order valence-electron chi connectivity index (χ1n) is 9.51. The lowest BCUT2D eigenvalue weighted by Gasteiger charge is -2.38. The van der Waals surface area contributed by atoms with Gasteiger partial charge in [-0.2, -0.15) is 0 Å². The molecule has 1 amide bonds. The van der Waals surface area contributed by atoms with E-state index in [1.165, 1.54) is 6.07 Å². The molecule has 0 aliphatic heterocycles. The fourth-order valence-electron chi connectivity index (χ4n) is 4.05. The average Bonchev–Trinajstić information content (AvgIpc) is 2.70. The molecule has 1 aliphatic rings. The SMILES string of the molecule is CNc1ccc(-c2ccc(F)c(CC3(C(N)=O)CCC(NC)CC3)c2)cc1.Cl.Cl. The molecule has 2 aromatic rings. The van der Waals surface area contributed by atoms with E-state index in [9.17, 15) is 9.18 Å². The lowest BCUT2D eigenvalue weighted by Crippen LogP contribution is -2.45. The Bertz CT molecular complexity index is 806. The Labute approximate surface area is 184 Å². The van der Waals surface area contributed by atoms with Crippen molar-refractivity contribution >= 4 is 36.4 Å². The van der Waals surface area contributed by atoms with Gasteiger partial charge < -0.3 is 16.4 Å². The van der Waals surface area contributed by atoms with Crippen LogP contribution in [0.4, 0.5) is 10.1 Å². The van der Waals surface area contributed by atoms with Crippen LogP contribution in [-0.2, 0) is 11.2 Å². The molecule has 160 valence electrons. The predicted octanol–water partition coefficient (Wildman–Crippen LogP) is 4.55. The van der Waals surface area contributed by atoms with Crippen molar-refractivity contribution in [1.82, 2.24) is 5.32 Å². The molecule has 2 aromatic carbocycles. The number of nitrogens with two attached hydrogens (primary N) is 1. The Morgan fingerprint density at radius 3 is 2.17 bits per heavy atom. The Morgan fingerprint density at radius 1 is 1.07 bits per heavy atom. The van der Waals surface area contributed by atoms with Crippen LogP contribution in [0.25, 0.3) is 11.1 Å². The van der Waals surface area contributed by atoms with Gasteiger partial charge in [0.1, 0.15) is 5.82 Å². The molecule has 0 atom stereocenters. The van der Waals surface area contributed by atoms with Crippen molar-refractivity contribution in [2.24, 2.45) is 11.1 Å². The highest BCUT2D eigenvalue weighted by Gasteiger charge is 2.40.